The fourth-order valence-electron chi connectivity index (χ4n) is 3.34. The Morgan fingerprint density at radius 1 is 0.842 bits per heavy atom. The third-order valence-corrected chi connectivity index (χ3v) is 4.14. The molecule has 0 saturated heterocycles. The molecule has 3 unspecified atom stereocenters. The lowest BCUT2D eigenvalue weighted by atomic mass is 9.75. The second kappa shape index (κ2) is 5.14. The van der Waals surface area contributed by atoms with Crippen molar-refractivity contribution < 1.29 is 31.4 Å². The number of alkyl halides is 6. The van der Waals surface area contributed by atoms with Gasteiger partial charge < -0.3 is 5.11 Å². The largest absolute Gasteiger partial charge is 0.426 e. The van der Waals surface area contributed by atoms with Crippen LogP contribution in [0.1, 0.15) is 39.5 Å². The molecule has 1 nitrogen and oxygen atoms in total. The molecule has 0 radical (unpaired) electrons. The van der Waals surface area contributed by atoms with Gasteiger partial charge in [-0.3, -0.25) is 0 Å². The summed E-state index contributed by atoms with van der Waals surface area (Å²) in [7, 11) is 0. The number of rotatable bonds is 1. The van der Waals surface area contributed by atoms with Crippen LogP contribution >= 0.6 is 0 Å². The minimum absolute atomic E-state index is 0.0961. The van der Waals surface area contributed by atoms with Gasteiger partial charge in [-0.05, 0) is 31.1 Å². The fraction of sp³-hybridized carbons (Fsp3) is 1.00. The molecule has 1 N–H and O–H groups in total. The first kappa shape index (κ1) is 16.6. The summed E-state index contributed by atoms with van der Waals surface area (Å²) in [5, 5.41) is 9.26. The first-order chi connectivity index (χ1) is 8.57. The van der Waals surface area contributed by atoms with Crippen molar-refractivity contribution in [3.05, 3.63) is 0 Å². The molecule has 2 rings (SSSR count). The van der Waals surface area contributed by atoms with Gasteiger partial charge in [-0.15, -0.1) is 0 Å². The van der Waals surface area contributed by atoms with Gasteiger partial charge in [0.2, 0.25) is 0 Å². The van der Waals surface area contributed by atoms with Crippen LogP contribution in [0.15, 0.2) is 0 Å². The Balaban J connectivity index is 0.000000861. The molecule has 0 aromatic heterocycles. The van der Waals surface area contributed by atoms with Crippen LogP contribution in [-0.4, -0.2) is 23.1 Å². The predicted octanol–water partition coefficient (Wildman–Crippen LogP) is 4.30. The molecule has 0 aromatic carbocycles. The summed E-state index contributed by atoms with van der Waals surface area (Å²) in [4.78, 5) is 0. The van der Waals surface area contributed by atoms with E-state index in [1.54, 1.807) is 0 Å². The van der Waals surface area contributed by atoms with Crippen molar-refractivity contribution in [1.82, 2.24) is 0 Å². The van der Waals surface area contributed by atoms with Gasteiger partial charge in [0, 0.05) is 5.92 Å². The molecule has 0 spiro atoms. The summed E-state index contributed by atoms with van der Waals surface area (Å²) in [6.07, 6.45) is -10.1. The van der Waals surface area contributed by atoms with Crippen LogP contribution in [0.4, 0.5) is 26.3 Å². The zero-order valence-electron chi connectivity index (χ0n) is 10.8. The first-order valence-corrected chi connectivity index (χ1v) is 6.43. The quantitative estimate of drug-likeness (QED) is 0.714. The molecule has 7 heteroatoms. The predicted molar refractivity (Wildman–Crippen MR) is 57.3 cm³/mol. The van der Waals surface area contributed by atoms with Gasteiger partial charge in [-0.2, -0.15) is 26.3 Å². The monoisotopic (exact) mass is 292 g/mol. The van der Waals surface area contributed by atoms with E-state index in [1.165, 1.54) is 0 Å². The zero-order valence-corrected chi connectivity index (χ0v) is 10.8. The number of fused-ring (bicyclic) bond motifs is 2. The molecular formula is C12H18F6O. The number of aliphatic hydroxyl groups is 1. The summed E-state index contributed by atoms with van der Waals surface area (Å²) < 4.78 is 75.6. The summed E-state index contributed by atoms with van der Waals surface area (Å²) >= 11 is 0. The van der Waals surface area contributed by atoms with E-state index in [2.05, 4.69) is 0 Å². The molecule has 3 atom stereocenters. The van der Waals surface area contributed by atoms with E-state index in [0.717, 1.165) is 0 Å². The maximum absolute atomic E-state index is 12.6. The van der Waals surface area contributed by atoms with Crippen molar-refractivity contribution in [2.24, 2.45) is 17.8 Å². The van der Waals surface area contributed by atoms with Crippen LogP contribution in [0.2, 0.25) is 0 Å². The van der Waals surface area contributed by atoms with Crippen molar-refractivity contribution >= 4 is 0 Å². The van der Waals surface area contributed by atoms with Crippen molar-refractivity contribution in [3.63, 3.8) is 0 Å². The van der Waals surface area contributed by atoms with E-state index in [4.69, 9.17) is 0 Å². The lowest BCUT2D eigenvalue weighted by Gasteiger charge is -2.40. The number of hydrogen-bond acceptors (Lipinski definition) is 1. The molecule has 2 aliphatic carbocycles. The highest BCUT2D eigenvalue weighted by atomic mass is 19.4. The Morgan fingerprint density at radius 2 is 1.32 bits per heavy atom. The van der Waals surface area contributed by atoms with Crippen molar-refractivity contribution in [2.75, 3.05) is 0 Å². The maximum atomic E-state index is 12.6. The number of hydrogen-bond donors (Lipinski definition) is 1. The molecule has 0 aromatic rings. The molecule has 2 bridgehead atoms. The third-order valence-electron chi connectivity index (χ3n) is 4.14. The van der Waals surface area contributed by atoms with Crippen LogP contribution in [-0.2, 0) is 0 Å². The van der Waals surface area contributed by atoms with E-state index < -0.39 is 29.8 Å². The van der Waals surface area contributed by atoms with Crippen LogP contribution in [0, 0.1) is 17.8 Å². The standard InChI is InChI=1S/C10H12F6O.C2H6/c11-9(12,13)8(17,10(14,15)16)7-4-5-1-2-6(7)3-5;1-2/h5-7,17H,1-4H2;1-2H3. The van der Waals surface area contributed by atoms with E-state index >= 15 is 0 Å². The van der Waals surface area contributed by atoms with Crippen LogP contribution < -0.4 is 0 Å². The van der Waals surface area contributed by atoms with Crippen molar-refractivity contribution in [3.8, 4) is 0 Å². The summed E-state index contributed by atoms with van der Waals surface area (Å²) in [6.45, 7) is 4.00. The average molecular weight is 292 g/mol. The van der Waals surface area contributed by atoms with Crippen LogP contribution in [0.3, 0.4) is 0 Å². The highest BCUT2D eigenvalue weighted by molar-refractivity contribution is 5.06. The van der Waals surface area contributed by atoms with Crippen LogP contribution in [0.25, 0.3) is 0 Å². The van der Waals surface area contributed by atoms with Gasteiger partial charge in [-0.1, -0.05) is 20.3 Å². The highest BCUT2D eigenvalue weighted by Crippen LogP contribution is 2.59. The van der Waals surface area contributed by atoms with Gasteiger partial charge >= 0.3 is 12.4 Å². The number of halogens is 6. The van der Waals surface area contributed by atoms with Gasteiger partial charge in [0.25, 0.3) is 5.60 Å². The van der Waals surface area contributed by atoms with E-state index in [-0.39, 0.29) is 12.3 Å². The normalized spacial score (nSPS) is 31.1. The second-order valence-corrected chi connectivity index (χ2v) is 5.04. The molecule has 2 aliphatic rings. The van der Waals surface area contributed by atoms with Gasteiger partial charge in [0.1, 0.15) is 0 Å². The highest BCUT2D eigenvalue weighted by Gasteiger charge is 2.75. The Morgan fingerprint density at radius 3 is 1.58 bits per heavy atom. The lowest BCUT2D eigenvalue weighted by molar-refractivity contribution is -0.388. The average Bonchev–Trinajstić information content (AvgIpc) is 2.89. The van der Waals surface area contributed by atoms with Crippen molar-refractivity contribution in [1.29, 1.82) is 0 Å². The Bertz CT molecular complexity index is 294. The van der Waals surface area contributed by atoms with Gasteiger partial charge in [0.05, 0.1) is 0 Å². The Kier molecular flexibility index (Phi) is 4.49. The van der Waals surface area contributed by atoms with Crippen LogP contribution in [0.5, 0.6) is 0 Å². The molecule has 2 fully saturated rings. The molecule has 114 valence electrons. The molecule has 0 aliphatic heterocycles. The summed E-state index contributed by atoms with van der Waals surface area (Å²) in [6, 6.07) is 0. The zero-order chi connectivity index (χ0) is 15.1. The van der Waals surface area contributed by atoms with E-state index in [1.807, 2.05) is 13.8 Å². The molecular weight excluding hydrogens is 274 g/mol. The first-order valence-electron chi connectivity index (χ1n) is 6.43. The molecule has 0 amide bonds. The minimum Gasteiger partial charge on any atom is -0.373 e. The maximum Gasteiger partial charge on any atom is 0.426 e. The third kappa shape index (κ3) is 2.58. The lowest BCUT2D eigenvalue weighted by Crippen LogP contribution is -2.62. The summed E-state index contributed by atoms with van der Waals surface area (Å²) in [5.74, 6) is -2.49. The van der Waals surface area contributed by atoms with E-state index in [0.29, 0.717) is 19.3 Å². The molecule has 2 saturated carbocycles. The Hall–Kier alpha value is -0.460. The second-order valence-electron chi connectivity index (χ2n) is 5.04. The smallest absolute Gasteiger partial charge is 0.373 e. The van der Waals surface area contributed by atoms with Gasteiger partial charge in [0.15, 0.2) is 0 Å². The fourth-order valence-corrected chi connectivity index (χ4v) is 3.34. The Labute approximate surface area is 108 Å². The molecule has 19 heavy (non-hydrogen) atoms. The van der Waals surface area contributed by atoms with Gasteiger partial charge in [-0.25, -0.2) is 0 Å². The van der Waals surface area contributed by atoms with E-state index in [9.17, 15) is 31.4 Å². The minimum atomic E-state index is -5.67. The SMILES string of the molecule is CC.OC(C1CC2CCC1C2)(C(F)(F)F)C(F)(F)F. The summed E-state index contributed by atoms with van der Waals surface area (Å²) in [5.41, 5.74) is -4.54. The topological polar surface area (TPSA) is 20.2 Å². The van der Waals surface area contributed by atoms with Crippen molar-refractivity contribution in [2.45, 2.75) is 57.5 Å². The molecule has 0 heterocycles.